The molecule has 36 heavy (non-hydrogen) atoms. The van der Waals surface area contributed by atoms with Crippen LogP contribution in [-0.4, -0.2) is 64.9 Å². The quantitative estimate of drug-likeness (QED) is 0.484. The molecule has 3 aliphatic rings. The maximum absolute atomic E-state index is 6.58. The molecule has 0 aromatic heterocycles. The van der Waals surface area contributed by atoms with E-state index in [2.05, 4.69) is 12.2 Å². The van der Waals surface area contributed by atoms with Crippen LogP contribution >= 0.6 is 0 Å². The number of epoxide rings is 2. The van der Waals surface area contributed by atoms with Gasteiger partial charge in [-0.05, 0) is 71.5 Å². The smallest absolute Gasteiger partial charge is 0.161 e. The van der Waals surface area contributed by atoms with Crippen LogP contribution in [-0.2, 0) is 9.47 Å². The Labute approximate surface area is 211 Å². The van der Waals surface area contributed by atoms with Crippen LogP contribution in [0, 0.1) is 0 Å². The van der Waals surface area contributed by atoms with Crippen molar-refractivity contribution in [1.82, 2.24) is 0 Å². The van der Waals surface area contributed by atoms with Crippen molar-refractivity contribution in [3.8, 4) is 23.0 Å². The highest BCUT2D eigenvalue weighted by molar-refractivity contribution is 5.71. The number of hydrogen-bond donors (Lipinski definition) is 2. The summed E-state index contributed by atoms with van der Waals surface area (Å²) in [6.07, 6.45) is 6.19. The Morgan fingerprint density at radius 2 is 1.14 bits per heavy atom. The fraction of sp³-hybridized carbons (Fsp3) is 0.429. The van der Waals surface area contributed by atoms with Crippen LogP contribution in [0.5, 0.6) is 23.0 Å². The van der Waals surface area contributed by atoms with Gasteiger partial charge in [-0.3, -0.25) is 0 Å². The van der Waals surface area contributed by atoms with E-state index in [-0.39, 0.29) is 24.3 Å². The Morgan fingerprint density at radius 3 is 1.50 bits per heavy atom. The first kappa shape index (κ1) is 24.6. The minimum absolute atomic E-state index is 0.118. The molecule has 8 heteroatoms. The highest BCUT2D eigenvalue weighted by atomic mass is 16.6. The molecule has 4 atom stereocenters. The summed E-state index contributed by atoms with van der Waals surface area (Å²) in [5.41, 5.74) is 17.1. The van der Waals surface area contributed by atoms with Crippen molar-refractivity contribution in [2.75, 3.05) is 40.6 Å². The molecule has 3 fully saturated rings. The van der Waals surface area contributed by atoms with Crippen molar-refractivity contribution in [1.29, 1.82) is 0 Å². The molecule has 0 bridgehead atoms. The second kappa shape index (κ2) is 10.9. The predicted molar refractivity (Wildman–Crippen MR) is 138 cm³/mol. The van der Waals surface area contributed by atoms with Gasteiger partial charge in [0, 0.05) is 12.1 Å². The third-order valence-corrected chi connectivity index (χ3v) is 6.59. The molecule has 2 aromatic carbocycles. The largest absolute Gasteiger partial charge is 0.493 e. The molecule has 0 spiro atoms. The van der Waals surface area contributed by atoms with E-state index in [9.17, 15) is 0 Å². The van der Waals surface area contributed by atoms with Gasteiger partial charge in [-0.25, -0.2) is 0 Å². The van der Waals surface area contributed by atoms with E-state index in [1.165, 1.54) is 0 Å². The van der Waals surface area contributed by atoms with Crippen LogP contribution in [0.15, 0.2) is 47.5 Å². The Morgan fingerprint density at radius 1 is 0.722 bits per heavy atom. The lowest BCUT2D eigenvalue weighted by atomic mass is 9.81. The van der Waals surface area contributed by atoms with Gasteiger partial charge in [-0.1, -0.05) is 12.1 Å². The molecule has 2 heterocycles. The number of nitrogens with two attached hydrogens (primary N) is 2. The Balaban J connectivity index is 1.41. The van der Waals surface area contributed by atoms with Crippen molar-refractivity contribution >= 4 is 12.2 Å². The lowest BCUT2D eigenvalue weighted by molar-refractivity contribution is 0.252. The summed E-state index contributed by atoms with van der Waals surface area (Å²) in [6, 6.07) is 11.5. The summed E-state index contributed by atoms with van der Waals surface area (Å²) in [5, 5.41) is 0. The van der Waals surface area contributed by atoms with E-state index >= 15 is 0 Å². The lowest BCUT2D eigenvalue weighted by Gasteiger charge is -2.30. The maximum Gasteiger partial charge on any atom is 0.161 e. The lowest BCUT2D eigenvalue weighted by Crippen LogP contribution is -2.37. The molecule has 192 valence electrons. The molecule has 4 unspecified atom stereocenters. The van der Waals surface area contributed by atoms with Gasteiger partial charge in [0.05, 0.1) is 27.4 Å². The molecule has 2 aliphatic heterocycles. The normalized spacial score (nSPS) is 27.1. The minimum atomic E-state index is -0.118. The monoisotopic (exact) mass is 494 g/mol. The van der Waals surface area contributed by atoms with Gasteiger partial charge in [0.25, 0.3) is 0 Å². The molecule has 8 nitrogen and oxygen atoms in total. The zero-order valence-electron chi connectivity index (χ0n) is 20.8. The summed E-state index contributed by atoms with van der Waals surface area (Å²) in [7, 11) is 3.28. The van der Waals surface area contributed by atoms with E-state index in [0.717, 1.165) is 48.3 Å². The van der Waals surface area contributed by atoms with E-state index in [1.807, 2.05) is 36.4 Å². The van der Waals surface area contributed by atoms with Crippen molar-refractivity contribution in [2.45, 2.75) is 37.1 Å². The van der Waals surface area contributed by atoms with Crippen LogP contribution in [0.2, 0.25) is 0 Å². The molecule has 2 saturated heterocycles. The molecule has 2 aromatic rings. The second-order valence-corrected chi connectivity index (χ2v) is 9.34. The summed E-state index contributed by atoms with van der Waals surface area (Å²) in [6.45, 7) is 2.53. The van der Waals surface area contributed by atoms with Crippen LogP contribution in [0.3, 0.4) is 0 Å². The molecule has 0 amide bonds. The summed E-state index contributed by atoms with van der Waals surface area (Å²) < 4.78 is 33.3. The summed E-state index contributed by atoms with van der Waals surface area (Å²) >= 11 is 0. The maximum atomic E-state index is 6.58. The average Bonchev–Trinajstić information content (AvgIpc) is 3.81. The van der Waals surface area contributed by atoms with Gasteiger partial charge < -0.3 is 39.9 Å². The van der Waals surface area contributed by atoms with Crippen LogP contribution in [0.25, 0.3) is 12.2 Å². The molecular formula is C28H34N2O6. The van der Waals surface area contributed by atoms with Gasteiger partial charge in [-0.2, -0.15) is 0 Å². The average molecular weight is 495 g/mol. The van der Waals surface area contributed by atoms with Gasteiger partial charge in [0.1, 0.15) is 25.4 Å². The first-order valence-corrected chi connectivity index (χ1v) is 12.3. The number of rotatable bonds is 10. The molecule has 5 rings (SSSR count). The van der Waals surface area contributed by atoms with Gasteiger partial charge in [0.15, 0.2) is 23.0 Å². The number of hydrogen-bond acceptors (Lipinski definition) is 8. The second-order valence-electron chi connectivity index (χ2n) is 9.34. The highest BCUT2D eigenvalue weighted by Crippen LogP contribution is 2.35. The van der Waals surface area contributed by atoms with Gasteiger partial charge in [0.2, 0.25) is 0 Å². The zero-order chi connectivity index (χ0) is 25.1. The number of ether oxygens (including phenoxy) is 6. The molecule has 4 N–H and O–H groups in total. The third kappa shape index (κ3) is 6.02. The zero-order valence-corrected chi connectivity index (χ0v) is 20.8. The molecule has 1 saturated carbocycles. The Hall–Kier alpha value is -3.04. The van der Waals surface area contributed by atoms with Crippen LogP contribution in [0.4, 0.5) is 0 Å². The molecule has 1 aliphatic carbocycles. The van der Waals surface area contributed by atoms with Crippen molar-refractivity contribution in [3.05, 3.63) is 58.7 Å². The van der Waals surface area contributed by atoms with Crippen LogP contribution < -0.4 is 30.4 Å². The van der Waals surface area contributed by atoms with E-state index in [4.69, 9.17) is 39.9 Å². The standard InChI is InChI=1S/C28H34N2O6/c1-31-27-11-17(3-7-25(27)35-15-19-13-33-19)9-21-22(24(30)6-5-23(21)29)10-18-4-8-26(28(12-18)32-2)36-16-20-14-34-20/h3-4,7-12,19-20,23-24H,5-6,13-16,29-30H2,1-2H3/b21-9-,22-10+. The first-order chi connectivity index (χ1) is 17.5. The fourth-order valence-corrected chi connectivity index (χ4v) is 4.32. The summed E-state index contributed by atoms with van der Waals surface area (Å²) in [5.74, 6) is 2.72. The number of methoxy groups -OCH3 is 2. The van der Waals surface area contributed by atoms with Gasteiger partial charge in [-0.15, -0.1) is 0 Å². The predicted octanol–water partition coefficient (Wildman–Crippen LogP) is 3.17. The van der Waals surface area contributed by atoms with Crippen LogP contribution in [0.1, 0.15) is 24.0 Å². The Kier molecular flexibility index (Phi) is 7.48. The SMILES string of the molecule is COc1cc(/C=C2/C(=C\c3ccc(OCC4CO4)c(OC)c3)C(N)CCC2N)ccc1OCC1CO1. The number of benzene rings is 2. The topological polar surface area (TPSA) is 114 Å². The Bertz CT molecular complexity index is 1050. The third-order valence-electron chi connectivity index (χ3n) is 6.59. The minimum Gasteiger partial charge on any atom is -0.493 e. The molecule has 0 radical (unpaired) electrons. The van der Waals surface area contributed by atoms with E-state index < -0.39 is 0 Å². The van der Waals surface area contributed by atoms with E-state index in [0.29, 0.717) is 36.2 Å². The fourth-order valence-electron chi connectivity index (χ4n) is 4.32. The van der Waals surface area contributed by atoms with E-state index in [1.54, 1.807) is 14.2 Å². The van der Waals surface area contributed by atoms with Crippen molar-refractivity contribution in [3.63, 3.8) is 0 Å². The summed E-state index contributed by atoms with van der Waals surface area (Å²) in [4.78, 5) is 0. The van der Waals surface area contributed by atoms with Gasteiger partial charge >= 0.3 is 0 Å². The van der Waals surface area contributed by atoms with Crippen molar-refractivity contribution < 1.29 is 28.4 Å². The highest BCUT2D eigenvalue weighted by Gasteiger charge is 2.27. The first-order valence-electron chi connectivity index (χ1n) is 12.3. The van der Waals surface area contributed by atoms with Crippen molar-refractivity contribution in [2.24, 2.45) is 11.5 Å². The molecular weight excluding hydrogens is 460 g/mol.